The number of carbonyl (C=O) groups is 4. The van der Waals surface area contributed by atoms with E-state index in [0.717, 1.165) is 42.3 Å². The predicted octanol–water partition coefficient (Wildman–Crippen LogP) is 17.4. The van der Waals surface area contributed by atoms with E-state index in [9.17, 15) is 19.2 Å². The first-order valence-electron chi connectivity index (χ1n) is 28.0. The standard InChI is InChI=1S/2C19H27NO2.C10H21N.C9H8O3.C2H6.2CHCl3.CH4O/c2*1-19(2,3)16-9-11-17(12-10-16)20-13-14-5-7-15(8-6-14)18(21)22-4;1-10(2,3)8-4-6-9(11)7-5-8;1-12-9(11)8-4-2-7(6-10)3-5-8;1-2;2*2-1(3)4;1-2/h2*5-8,13,16-17H,9-12H2,1-4H3;8-9H,4-7,11H2,1-3H3;2-6H,1H3;1-2H3;2*1H;2H,1H3/i;;;;;2*1D;. The number of halogens is 6. The lowest BCUT2D eigenvalue weighted by molar-refractivity contribution is 0.0592. The molecule has 3 aliphatic carbocycles. The van der Waals surface area contributed by atoms with Crippen molar-refractivity contribution in [1.82, 2.24) is 0 Å². The van der Waals surface area contributed by atoms with E-state index in [1.165, 1.54) is 98.4 Å². The van der Waals surface area contributed by atoms with Gasteiger partial charge < -0.3 is 25.1 Å². The molecule has 0 bridgehead atoms. The lowest BCUT2D eigenvalue weighted by Crippen LogP contribution is -2.31. The normalized spacial score (nSPS) is 20.4. The zero-order valence-corrected chi connectivity index (χ0v) is 54.2. The van der Waals surface area contributed by atoms with Crippen LogP contribution in [0.15, 0.2) is 82.8 Å². The van der Waals surface area contributed by atoms with E-state index in [2.05, 4.69) is 67.1 Å². The third kappa shape index (κ3) is 36.0. The van der Waals surface area contributed by atoms with Crippen molar-refractivity contribution in [3.63, 3.8) is 0 Å². The number of hydrogen-bond donors (Lipinski definition) is 2. The summed E-state index contributed by atoms with van der Waals surface area (Å²) in [4.78, 5) is 53.4. The number of hydrogen-bond acceptors (Lipinski definition) is 11. The van der Waals surface area contributed by atoms with E-state index in [-0.39, 0.29) is 11.9 Å². The van der Waals surface area contributed by atoms with Crippen LogP contribution in [0.5, 0.6) is 0 Å². The maximum Gasteiger partial charge on any atom is 0.337 e. The fourth-order valence-corrected chi connectivity index (χ4v) is 9.01. The Labute approximate surface area is 508 Å². The minimum absolute atomic E-state index is 0.302. The summed E-state index contributed by atoms with van der Waals surface area (Å²) in [5, 5.41) is 7.00. The Kier molecular flexibility index (Phi) is 39.7. The average molecular weight is 1230 g/mol. The lowest BCUT2D eigenvalue weighted by Gasteiger charge is -2.35. The lowest BCUT2D eigenvalue weighted by atomic mass is 9.71. The summed E-state index contributed by atoms with van der Waals surface area (Å²) in [5.74, 6) is 1.54. The van der Waals surface area contributed by atoms with Gasteiger partial charge in [0, 0.05) is 43.2 Å². The molecule has 0 heterocycles. The third-order valence-corrected chi connectivity index (χ3v) is 13.8. The summed E-state index contributed by atoms with van der Waals surface area (Å²) in [6.07, 6.45) is 19.5. The van der Waals surface area contributed by atoms with Crippen LogP contribution in [-0.2, 0) is 14.2 Å². The van der Waals surface area contributed by atoms with Crippen LogP contribution in [0.3, 0.4) is 0 Å². The molecule has 0 atom stereocenters. The number of aliphatic imine (C=N–C) groups is 2. The molecule has 3 N–H and O–H groups in total. The number of methoxy groups -OCH3 is 3. The first kappa shape index (κ1) is 73.8. The molecule has 3 aliphatic rings. The molecule has 17 heteroatoms. The molecule has 79 heavy (non-hydrogen) atoms. The van der Waals surface area contributed by atoms with Gasteiger partial charge in [0.2, 0.25) is 0 Å². The van der Waals surface area contributed by atoms with Crippen LogP contribution in [0.2, 0.25) is 0 Å². The van der Waals surface area contributed by atoms with Crippen LogP contribution in [0.25, 0.3) is 0 Å². The van der Waals surface area contributed by atoms with Gasteiger partial charge in [-0.15, -0.1) is 0 Å². The van der Waals surface area contributed by atoms with E-state index < -0.39 is 14.5 Å². The van der Waals surface area contributed by atoms with Crippen molar-refractivity contribution >= 4 is 106 Å². The number of rotatable bonds is 8. The minimum atomic E-state index is -1.83. The van der Waals surface area contributed by atoms with Crippen LogP contribution in [-0.4, -0.2) is 96.8 Å². The molecule has 6 rings (SSSR count). The number of carbonyl (C=O) groups excluding carboxylic acids is 4. The van der Waals surface area contributed by atoms with E-state index >= 15 is 0 Å². The second-order valence-electron chi connectivity index (χ2n) is 22.2. The fourth-order valence-electron chi connectivity index (χ4n) is 9.01. The Bertz CT molecular complexity index is 2110. The number of ether oxygens (including phenoxy) is 3. The SMILES string of the molecule is CC.CC(C)(C)C1CCC(N)CC1.CO.COC(=O)c1ccc(C=NC2CCC(C(C)(C)C)CC2)cc1.COC(=O)c1ccc(C=NC2CCC(C(C)(C)C)CC2)cc1.COC(=O)c1ccc(C=O)cc1.[2H]C(Cl)(Cl)Cl.[2H]C(Cl)(Cl)Cl. The minimum Gasteiger partial charge on any atom is -0.465 e. The van der Waals surface area contributed by atoms with Gasteiger partial charge in [-0.25, -0.2) is 14.4 Å². The summed E-state index contributed by atoms with van der Waals surface area (Å²) in [6.45, 7) is 25.0. The molecule has 0 amide bonds. The molecular formula is C62H95Cl6N3O8. The maximum atomic E-state index is 11.4. The van der Waals surface area contributed by atoms with Crippen molar-refractivity contribution in [2.24, 2.45) is 49.7 Å². The summed E-state index contributed by atoms with van der Waals surface area (Å²) < 4.78 is 22.7. The number of nitrogens with zero attached hydrogens (tertiary/aromatic N) is 2. The molecule has 0 radical (unpaired) electrons. The highest BCUT2D eigenvalue weighted by Crippen LogP contribution is 2.40. The summed E-state index contributed by atoms with van der Waals surface area (Å²) in [5.41, 5.74) is 11.4. The Balaban J connectivity index is 0. The van der Waals surface area contributed by atoms with Crippen molar-refractivity contribution in [2.75, 3.05) is 28.4 Å². The smallest absolute Gasteiger partial charge is 0.337 e. The molecule has 0 aromatic heterocycles. The third-order valence-electron chi connectivity index (χ3n) is 13.8. The van der Waals surface area contributed by atoms with Crippen molar-refractivity contribution in [1.29, 1.82) is 0 Å². The molecule has 0 saturated heterocycles. The summed E-state index contributed by atoms with van der Waals surface area (Å²) in [6, 6.07) is 22.4. The van der Waals surface area contributed by atoms with Gasteiger partial charge in [0.1, 0.15) is 6.29 Å². The highest BCUT2D eigenvalue weighted by molar-refractivity contribution is 6.63. The molecule has 0 aliphatic heterocycles. The summed E-state index contributed by atoms with van der Waals surface area (Å²) in [7, 11) is 5.10. The first-order chi connectivity index (χ1) is 37.6. The molecule has 0 spiro atoms. The van der Waals surface area contributed by atoms with E-state index in [0.29, 0.717) is 56.6 Å². The molecule has 448 valence electrons. The quantitative estimate of drug-likeness (QED) is 0.0733. The fraction of sp³-hybridized carbons (Fsp3) is 0.613. The van der Waals surface area contributed by atoms with Gasteiger partial charge in [0.25, 0.3) is 0 Å². The Hall–Kier alpha value is -3.26. The van der Waals surface area contributed by atoms with Crippen LogP contribution in [0.4, 0.5) is 0 Å². The largest absolute Gasteiger partial charge is 0.465 e. The van der Waals surface area contributed by atoms with Gasteiger partial charge >= 0.3 is 17.9 Å². The van der Waals surface area contributed by atoms with Crippen LogP contribution < -0.4 is 5.73 Å². The van der Waals surface area contributed by atoms with Gasteiger partial charge in [-0.2, -0.15) is 0 Å². The highest BCUT2D eigenvalue weighted by Gasteiger charge is 2.31. The Morgan fingerprint density at radius 1 is 0.494 bits per heavy atom. The average Bonchev–Trinajstić information content (AvgIpc) is 3.42. The zero-order valence-electron chi connectivity index (χ0n) is 51.7. The van der Waals surface area contributed by atoms with Crippen molar-refractivity contribution in [2.45, 2.75) is 180 Å². The Morgan fingerprint density at radius 2 is 0.709 bits per heavy atom. The van der Waals surface area contributed by atoms with Crippen LogP contribution in [0, 0.1) is 34.0 Å². The van der Waals surface area contributed by atoms with Gasteiger partial charge in [-0.3, -0.25) is 14.8 Å². The molecule has 11 nitrogen and oxygen atoms in total. The number of alkyl halides is 6. The van der Waals surface area contributed by atoms with Crippen LogP contribution in [0.1, 0.15) is 209 Å². The number of benzene rings is 3. The second-order valence-corrected chi connectivity index (χ2v) is 25.6. The zero-order chi connectivity index (χ0) is 62.8. The maximum absolute atomic E-state index is 11.4. The number of esters is 3. The molecule has 3 aromatic carbocycles. The van der Waals surface area contributed by atoms with Gasteiger partial charge in [0.15, 0.2) is 8.54 Å². The van der Waals surface area contributed by atoms with E-state index in [1.54, 1.807) is 48.5 Å². The molecular weight excluding hydrogens is 1130 g/mol. The topological polar surface area (TPSA) is 167 Å². The highest BCUT2D eigenvalue weighted by atomic mass is 35.6. The van der Waals surface area contributed by atoms with E-state index in [1.807, 2.05) is 50.5 Å². The number of aldehydes is 1. The monoisotopic (exact) mass is 1220 g/mol. The first-order valence-corrected chi connectivity index (χ1v) is 29.2. The van der Waals surface area contributed by atoms with Crippen LogP contribution >= 0.6 is 69.6 Å². The molecule has 3 aromatic rings. The molecule has 3 saturated carbocycles. The van der Waals surface area contributed by atoms with E-state index in [4.69, 9.17) is 103 Å². The number of aliphatic hydroxyl groups is 1. The van der Waals surface area contributed by atoms with Crippen molar-refractivity contribution < 1.29 is 41.2 Å². The van der Waals surface area contributed by atoms with Crippen molar-refractivity contribution in [3.8, 4) is 0 Å². The second kappa shape index (κ2) is 42.5. The van der Waals surface area contributed by atoms with Gasteiger partial charge in [-0.1, -0.05) is 182 Å². The molecule has 0 unspecified atom stereocenters. The Morgan fingerprint density at radius 3 is 0.911 bits per heavy atom. The number of nitrogens with two attached hydrogens (primary N) is 1. The van der Waals surface area contributed by atoms with Gasteiger partial charge in [0.05, 0.1) is 40.8 Å². The molecule has 3 fully saturated rings. The summed E-state index contributed by atoms with van der Waals surface area (Å²) >= 11 is 28.4. The van der Waals surface area contributed by atoms with Crippen molar-refractivity contribution in [3.05, 3.63) is 106 Å². The van der Waals surface area contributed by atoms with Gasteiger partial charge in [-0.05, 0) is 159 Å². The predicted molar refractivity (Wildman–Crippen MR) is 336 cm³/mol. The number of aliphatic hydroxyl groups excluding tert-OH is 1.